The molecule has 2 fully saturated rings. The van der Waals surface area contributed by atoms with Crippen molar-refractivity contribution in [2.24, 2.45) is 17.8 Å². The third-order valence-electron chi connectivity index (χ3n) is 6.20. The quantitative estimate of drug-likeness (QED) is 0.579. The van der Waals surface area contributed by atoms with Crippen molar-refractivity contribution in [1.82, 2.24) is 0 Å². The number of carbonyl (C=O) groups is 2. The van der Waals surface area contributed by atoms with Gasteiger partial charge in [-0.3, -0.25) is 9.59 Å². The van der Waals surface area contributed by atoms with Crippen LogP contribution in [-0.2, 0) is 28.5 Å². The third-order valence-corrected chi connectivity index (χ3v) is 6.20. The first kappa shape index (κ1) is 21.0. The zero-order valence-corrected chi connectivity index (χ0v) is 17.2. The second-order valence-electron chi connectivity index (χ2n) is 8.59. The van der Waals surface area contributed by atoms with Gasteiger partial charge in [0.2, 0.25) is 0 Å². The van der Waals surface area contributed by atoms with Crippen LogP contribution >= 0.6 is 0 Å². The largest absolute Gasteiger partial charge is 0.461 e. The summed E-state index contributed by atoms with van der Waals surface area (Å²) < 4.78 is 23.1. The number of methoxy groups -OCH3 is 1. The lowest BCUT2D eigenvalue weighted by atomic mass is 9.74. The topological polar surface area (TPSA) is 91.3 Å². The Bertz CT molecular complexity index is 712. The summed E-state index contributed by atoms with van der Waals surface area (Å²) in [6.45, 7) is 11.3. The van der Waals surface area contributed by atoms with Gasteiger partial charge in [0.05, 0.1) is 23.5 Å². The van der Waals surface area contributed by atoms with Crippen molar-refractivity contribution in [2.45, 2.75) is 64.1 Å². The van der Waals surface area contributed by atoms with Crippen molar-refractivity contribution in [3.8, 4) is 0 Å². The monoisotopic (exact) mass is 394 g/mol. The molecule has 0 spiro atoms. The SMILES string of the molecule is C=C1COC(=O)[C@@H]2/C=C(/C)[C@@]3(OC)C[C@H](O)[C@@](C)(C[C@@H](OC(=O)C(C)C)[C@@H]12)O3. The lowest BCUT2D eigenvalue weighted by Gasteiger charge is -2.39. The van der Waals surface area contributed by atoms with Crippen molar-refractivity contribution < 1.29 is 33.6 Å². The Balaban J connectivity index is 2.12. The maximum absolute atomic E-state index is 12.6. The average Bonchev–Trinajstić information content (AvgIpc) is 2.90. The van der Waals surface area contributed by atoms with E-state index in [1.165, 1.54) is 7.11 Å². The molecular weight excluding hydrogens is 364 g/mol. The molecule has 7 heteroatoms. The first-order valence-corrected chi connectivity index (χ1v) is 9.70. The summed E-state index contributed by atoms with van der Waals surface area (Å²) in [4.78, 5) is 25.0. The highest BCUT2D eigenvalue weighted by Crippen LogP contribution is 2.49. The van der Waals surface area contributed by atoms with Gasteiger partial charge in [0.25, 0.3) is 0 Å². The summed E-state index contributed by atoms with van der Waals surface area (Å²) in [5.74, 6) is -3.36. The molecule has 0 aromatic heterocycles. The van der Waals surface area contributed by atoms with Crippen LogP contribution < -0.4 is 0 Å². The molecule has 0 saturated carbocycles. The first-order chi connectivity index (χ1) is 13.0. The van der Waals surface area contributed by atoms with Gasteiger partial charge < -0.3 is 24.1 Å². The zero-order valence-electron chi connectivity index (χ0n) is 17.2. The maximum atomic E-state index is 12.6. The number of rotatable bonds is 3. The molecule has 0 unspecified atom stereocenters. The van der Waals surface area contributed by atoms with Gasteiger partial charge >= 0.3 is 11.9 Å². The lowest BCUT2D eigenvalue weighted by molar-refractivity contribution is -0.223. The fraction of sp³-hybridized carbons (Fsp3) is 0.714. The van der Waals surface area contributed by atoms with Gasteiger partial charge in [0, 0.05) is 25.9 Å². The molecule has 0 amide bonds. The summed E-state index contributed by atoms with van der Waals surface area (Å²) in [5.41, 5.74) is 0.344. The van der Waals surface area contributed by atoms with E-state index >= 15 is 0 Å². The molecule has 6 atom stereocenters. The van der Waals surface area contributed by atoms with Gasteiger partial charge in [-0.15, -0.1) is 0 Å². The van der Waals surface area contributed by atoms with Gasteiger partial charge in [0.15, 0.2) is 5.79 Å². The highest BCUT2D eigenvalue weighted by molar-refractivity contribution is 5.77. The van der Waals surface area contributed by atoms with Crippen LogP contribution in [0.2, 0.25) is 0 Å². The molecule has 7 nitrogen and oxygen atoms in total. The Morgan fingerprint density at radius 3 is 2.68 bits per heavy atom. The lowest BCUT2D eigenvalue weighted by Crippen LogP contribution is -2.47. The molecule has 0 aromatic carbocycles. The minimum absolute atomic E-state index is 0.0815. The summed E-state index contributed by atoms with van der Waals surface area (Å²) >= 11 is 0. The van der Waals surface area contributed by atoms with Crippen LogP contribution in [0.15, 0.2) is 23.8 Å². The van der Waals surface area contributed by atoms with E-state index in [4.69, 9.17) is 18.9 Å². The molecule has 28 heavy (non-hydrogen) atoms. The van der Waals surface area contributed by atoms with Crippen molar-refractivity contribution in [3.63, 3.8) is 0 Å². The van der Waals surface area contributed by atoms with Gasteiger partial charge in [-0.25, -0.2) is 0 Å². The molecule has 3 heterocycles. The summed E-state index contributed by atoms with van der Waals surface area (Å²) in [5, 5.41) is 10.8. The first-order valence-electron chi connectivity index (χ1n) is 9.70. The molecule has 0 radical (unpaired) electrons. The van der Waals surface area contributed by atoms with Crippen LogP contribution in [-0.4, -0.2) is 54.4 Å². The summed E-state index contributed by atoms with van der Waals surface area (Å²) in [6, 6.07) is 0. The van der Waals surface area contributed by atoms with Crippen LogP contribution in [0.25, 0.3) is 0 Å². The van der Waals surface area contributed by atoms with Gasteiger partial charge in [0.1, 0.15) is 12.7 Å². The van der Waals surface area contributed by atoms with Crippen molar-refractivity contribution in [2.75, 3.05) is 13.7 Å². The zero-order chi connectivity index (χ0) is 20.9. The molecule has 2 saturated heterocycles. The maximum Gasteiger partial charge on any atom is 0.313 e. The molecule has 2 bridgehead atoms. The van der Waals surface area contributed by atoms with Crippen molar-refractivity contribution >= 4 is 11.9 Å². The molecule has 3 aliphatic heterocycles. The Morgan fingerprint density at radius 2 is 2.07 bits per heavy atom. The number of fused-ring (bicyclic) bond motifs is 3. The third kappa shape index (κ3) is 3.40. The second-order valence-corrected chi connectivity index (χ2v) is 8.59. The van der Waals surface area contributed by atoms with Gasteiger partial charge in [-0.05, 0) is 25.0 Å². The normalized spacial score (nSPS) is 42.6. The number of aliphatic hydroxyl groups is 1. The number of cyclic esters (lactones) is 1. The highest BCUT2D eigenvalue weighted by atomic mass is 16.7. The van der Waals surface area contributed by atoms with E-state index in [9.17, 15) is 14.7 Å². The smallest absolute Gasteiger partial charge is 0.313 e. The molecule has 1 N–H and O–H groups in total. The van der Waals surface area contributed by atoms with Crippen LogP contribution in [0.5, 0.6) is 0 Å². The molecule has 0 aliphatic carbocycles. The van der Waals surface area contributed by atoms with E-state index < -0.39 is 41.4 Å². The van der Waals surface area contributed by atoms with Crippen LogP contribution in [0.1, 0.15) is 40.5 Å². The number of aliphatic hydroxyl groups excluding tert-OH is 1. The van der Waals surface area contributed by atoms with E-state index in [1.54, 1.807) is 26.8 Å². The van der Waals surface area contributed by atoms with Crippen LogP contribution in [0, 0.1) is 17.8 Å². The van der Waals surface area contributed by atoms with Crippen molar-refractivity contribution in [1.29, 1.82) is 0 Å². The minimum Gasteiger partial charge on any atom is -0.461 e. The second kappa shape index (κ2) is 7.28. The number of esters is 2. The van der Waals surface area contributed by atoms with Gasteiger partial charge in [-0.2, -0.15) is 0 Å². The molecule has 0 aromatic rings. The summed E-state index contributed by atoms with van der Waals surface area (Å²) in [6.07, 6.45) is 0.680. The van der Waals surface area contributed by atoms with Crippen LogP contribution in [0.4, 0.5) is 0 Å². The standard InChI is InChI=1S/C21H30O7/c1-11(2)18(23)27-15-8-20(5)16(22)9-21(25-6,28-20)13(4)7-14-17(15)12(3)10-26-19(14)24/h7,11,14-17,22H,3,8-10H2,1-2,4-6H3/b13-7-/t14-,15-,16+,17+,20-,21-/m1/s1. The molecule has 3 rings (SSSR count). The van der Waals surface area contributed by atoms with E-state index in [1.807, 2.05) is 6.92 Å². The molecule has 156 valence electrons. The van der Waals surface area contributed by atoms with E-state index in [0.717, 1.165) is 0 Å². The fourth-order valence-corrected chi connectivity index (χ4v) is 4.41. The Morgan fingerprint density at radius 1 is 1.39 bits per heavy atom. The predicted molar refractivity (Wildman–Crippen MR) is 100 cm³/mol. The number of carbonyl (C=O) groups excluding carboxylic acids is 2. The van der Waals surface area contributed by atoms with E-state index in [2.05, 4.69) is 6.58 Å². The Labute approximate surface area is 165 Å². The Hall–Kier alpha value is -1.70. The minimum atomic E-state index is -1.14. The highest BCUT2D eigenvalue weighted by Gasteiger charge is 2.58. The van der Waals surface area contributed by atoms with Crippen LogP contribution in [0.3, 0.4) is 0 Å². The van der Waals surface area contributed by atoms with E-state index in [-0.39, 0.29) is 31.3 Å². The van der Waals surface area contributed by atoms with E-state index in [0.29, 0.717) is 11.1 Å². The number of ether oxygens (including phenoxy) is 4. The number of hydrogen-bond donors (Lipinski definition) is 1. The Kier molecular flexibility index (Phi) is 5.47. The summed E-state index contributed by atoms with van der Waals surface area (Å²) in [7, 11) is 1.51. The number of hydrogen-bond acceptors (Lipinski definition) is 7. The fourth-order valence-electron chi connectivity index (χ4n) is 4.41. The van der Waals surface area contributed by atoms with Crippen molar-refractivity contribution in [3.05, 3.63) is 23.8 Å². The molecular formula is C21H30O7. The molecule has 3 aliphatic rings. The predicted octanol–water partition coefficient (Wildman–Crippen LogP) is 2.13. The average molecular weight is 394 g/mol. The van der Waals surface area contributed by atoms with Gasteiger partial charge in [-0.1, -0.05) is 26.5 Å².